The van der Waals surface area contributed by atoms with Crippen LogP contribution in [0.1, 0.15) is 25.3 Å². The molecule has 26 heavy (non-hydrogen) atoms. The first-order valence-corrected chi connectivity index (χ1v) is 9.49. The zero-order chi connectivity index (χ0) is 18.8. The zero-order valence-electron chi connectivity index (χ0n) is 15.0. The summed E-state index contributed by atoms with van der Waals surface area (Å²) in [6.07, 6.45) is 3.52. The molecule has 0 saturated carbocycles. The van der Waals surface area contributed by atoms with Gasteiger partial charge < -0.3 is 0 Å². The SMILES string of the molecule is CCCC1=C(SCc2ccc(F)cc2)C2C(=O)N(C)C(=O)[N+](C)=C2N=C1. The number of hydrogen-bond donors (Lipinski definition) is 0. The van der Waals surface area contributed by atoms with Gasteiger partial charge >= 0.3 is 11.9 Å². The van der Waals surface area contributed by atoms with E-state index >= 15 is 0 Å². The van der Waals surface area contributed by atoms with Gasteiger partial charge in [-0.05, 0) is 29.7 Å². The first-order chi connectivity index (χ1) is 12.4. The first-order valence-electron chi connectivity index (χ1n) is 8.50. The van der Waals surface area contributed by atoms with Gasteiger partial charge in [0.05, 0.1) is 14.1 Å². The van der Waals surface area contributed by atoms with Gasteiger partial charge in [0.2, 0.25) is 0 Å². The molecule has 0 aliphatic carbocycles. The van der Waals surface area contributed by atoms with Gasteiger partial charge in [0.15, 0.2) is 5.92 Å². The van der Waals surface area contributed by atoms with E-state index < -0.39 is 5.92 Å². The number of rotatable bonds is 5. The number of benzene rings is 1. The third-order valence-electron chi connectivity index (χ3n) is 4.51. The van der Waals surface area contributed by atoms with Crippen molar-refractivity contribution in [3.63, 3.8) is 0 Å². The highest BCUT2D eigenvalue weighted by Gasteiger charge is 2.48. The van der Waals surface area contributed by atoms with Gasteiger partial charge in [0, 0.05) is 10.7 Å². The number of nitrogens with zero attached hydrogens (tertiary/aromatic N) is 3. The Balaban J connectivity index is 1.96. The number of urea groups is 1. The van der Waals surface area contributed by atoms with Crippen molar-refractivity contribution in [3.05, 3.63) is 46.1 Å². The van der Waals surface area contributed by atoms with E-state index in [4.69, 9.17) is 0 Å². The molecule has 0 bridgehead atoms. The number of carbonyl (C=O) groups is 2. The van der Waals surface area contributed by atoms with Crippen molar-refractivity contribution in [2.45, 2.75) is 25.5 Å². The zero-order valence-corrected chi connectivity index (χ0v) is 15.8. The number of aliphatic imine (C=N–C) groups is 1. The average Bonchev–Trinajstić information content (AvgIpc) is 2.64. The van der Waals surface area contributed by atoms with E-state index in [1.54, 1.807) is 37.2 Å². The fourth-order valence-corrected chi connectivity index (χ4v) is 4.30. The topological polar surface area (TPSA) is 52.8 Å². The van der Waals surface area contributed by atoms with Crippen LogP contribution in [0, 0.1) is 11.7 Å². The van der Waals surface area contributed by atoms with E-state index in [2.05, 4.69) is 11.9 Å². The molecule has 0 fully saturated rings. The molecule has 1 atom stereocenters. The van der Waals surface area contributed by atoms with Crippen LogP contribution in [0.25, 0.3) is 0 Å². The summed E-state index contributed by atoms with van der Waals surface area (Å²) in [6.45, 7) is 2.08. The maximum absolute atomic E-state index is 13.1. The fraction of sp³-hybridized carbons (Fsp3) is 0.368. The third kappa shape index (κ3) is 3.35. The molecule has 2 aliphatic rings. The van der Waals surface area contributed by atoms with E-state index in [0.717, 1.165) is 33.8 Å². The summed E-state index contributed by atoms with van der Waals surface area (Å²) >= 11 is 1.56. The van der Waals surface area contributed by atoms with Gasteiger partial charge in [-0.25, -0.2) is 9.18 Å². The average molecular weight is 374 g/mol. The standard InChI is InChI=1S/C19H21FN3O2S/c1-4-5-13-10-21-17-15(18(24)23(3)19(25)22(17)2)16(13)26-11-12-6-8-14(20)9-7-12/h6-10,15H,4-5,11H2,1-3H3/q+1. The second kappa shape index (κ2) is 7.53. The number of carbonyl (C=O) groups excluding carboxylic acids is 2. The number of allylic oxidation sites excluding steroid dienone is 1. The molecular weight excluding hydrogens is 353 g/mol. The number of halogens is 1. The Bertz CT molecular complexity index is 843. The third-order valence-corrected chi connectivity index (χ3v) is 5.80. The van der Waals surface area contributed by atoms with Crippen molar-refractivity contribution in [1.82, 2.24) is 4.90 Å². The van der Waals surface area contributed by atoms with Crippen LogP contribution in [0.5, 0.6) is 0 Å². The van der Waals surface area contributed by atoms with Gasteiger partial charge in [-0.1, -0.05) is 25.5 Å². The van der Waals surface area contributed by atoms with Crippen LogP contribution in [-0.2, 0) is 10.5 Å². The Kier molecular flexibility index (Phi) is 5.36. The lowest BCUT2D eigenvalue weighted by atomic mass is 9.96. The smallest absolute Gasteiger partial charge is 0.255 e. The quantitative estimate of drug-likeness (QED) is 0.742. The van der Waals surface area contributed by atoms with Crippen LogP contribution in [0.4, 0.5) is 9.18 Å². The Morgan fingerprint density at radius 2 is 1.96 bits per heavy atom. The summed E-state index contributed by atoms with van der Waals surface area (Å²) in [7, 11) is 3.13. The molecule has 1 aromatic carbocycles. The minimum absolute atomic E-state index is 0.254. The highest BCUT2D eigenvalue weighted by atomic mass is 32.2. The monoisotopic (exact) mass is 374 g/mol. The lowest BCUT2D eigenvalue weighted by Crippen LogP contribution is -2.52. The highest BCUT2D eigenvalue weighted by Crippen LogP contribution is 2.37. The van der Waals surface area contributed by atoms with Crippen molar-refractivity contribution in [2.24, 2.45) is 10.9 Å². The van der Waals surface area contributed by atoms with Crippen LogP contribution in [0.2, 0.25) is 0 Å². The molecule has 1 unspecified atom stereocenters. The van der Waals surface area contributed by atoms with Gasteiger partial charge in [0.25, 0.3) is 5.84 Å². The molecule has 3 amide bonds. The molecule has 1 aromatic rings. The molecule has 3 rings (SSSR count). The molecule has 5 nitrogen and oxygen atoms in total. The van der Waals surface area contributed by atoms with E-state index in [-0.39, 0.29) is 17.8 Å². The van der Waals surface area contributed by atoms with Gasteiger partial charge in [0.1, 0.15) is 12.0 Å². The second-order valence-corrected chi connectivity index (χ2v) is 7.36. The van der Waals surface area contributed by atoms with Crippen molar-refractivity contribution in [3.8, 4) is 0 Å². The van der Waals surface area contributed by atoms with Crippen LogP contribution < -0.4 is 0 Å². The molecule has 7 heteroatoms. The van der Waals surface area contributed by atoms with Crippen molar-refractivity contribution in [1.29, 1.82) is 0 Å². The number of fused-ring (bicyclic) bond motifs is 1. The van der Waals surface area contributed by atoms with Crippen LogP contribution >= 0.6 is 11.8 Å². The number of imide groups is 1. The maximum Gasteiger partial charge on any atom is 0.445 e. The summed E-state index contributed by atoms with van der Waals surface area (Å²) < 4.78 is 14.5. The molecule has 0 radical (unpaired) electrons. The Morgan fingerprint density at radius 3 is 2.62 bits per heavy atom. The van der Waals surface area contributed by atoms with Crippen molar-refractivity contribution < 1.29 is 18.6 Å². The lowest BCUT2D eigenvalue weighted by Gasteiger charge is -2.28. The molecule has 0 aromatic heterocycles. The van der Waals surface area contributed by atoms with Gasteiger partial charge in [-0.15, -0.1) is 16.8 Å². The molecule has 0 N–H and O–H groups in total. The largest absolute Gasteiger partial charge is 0.445 e. The van der Waals surface area contributed by atoms with E-state index in [9.17, 15) is 14.0 Å². The fourth-order valence-electron chi connectivity index (χ4n) is 3.07. The summed E-state index contributed by atoms with van der Waals surface area (Å²) in [5.74, 6) is 0.0125. The molecule has 136 valence electrons. The minimum Gasteiger partial charge on any atom is -0.255 e. The number of amidine groups is 1. The molecular formula is C19H21FN3O2S+. The van der Waals surface area contributed by atoms with E-state index in [1.807, 2.05) is 0 Å². The van der Waals surface area contributed by atoms with Crippen molar-refractivity contribution in [2.75, 3.05) is 14.1 Å². The number of amides is 3. The van der Waals surface area contributed by atoms with Crippen molar-refractivity contribution >= 4 is 35.8 Å². The molecule has 0 spiro atoms. The first kappa shape index (κ1) is 18.5. The summed E-state index contributed by atoms with van der Waals surface area (Å²) in [6, 6.07) is 5.98. The van der Waals surface area contributed by atoms with Crippen LogP contribution in [-0.4, -0.2) is 47.6 Å². The van der Waals surface area contributed by atoms with Gasteiger partial charge in [-0.2, -0.15) is 9.48 Å². The second-order valence-electron chi connectivity index (χ2n) is 6.34. The Labute approximate surface area is 156 Å². The number of thioether (sulfide) groups is 1. The Hall–Kier alpha value is -2.28. The van der Waals surface area contributed by atoms with Crippen LogP contribution in [0.15, 0.2) is 39.7 Å². The van der Waals surface area contributed by atoms with Gasteiger partial charge in [-0.3, -0.25) is 4.79 Å². The normalized spacial score (nSPS) is 20.2. The predicted molar refractivity (Wildman–Crippen MR) is 101 cm³/mol. The molecule has 0 saturated heterocycles. The van der Waals surface area contributed by atoms with E-state index in [1.165, 1.54) is 23.8 Å². The summed E-state index contributed by atoms with van der Waals surface area (Å²) in [5.41, 5.74) is 2.00. The summed E-state index contributed by atoms with van der Waals surface area (Å²) in [4.78, 5) is 31.5. The lowest BCUT2D eigenvalue weighted by molar-refractivity contribution is -0.407. The minimum atomic E-state index is -0.556. The van der Waals surface area contributed by atoms with Crippen LogP contribution in [0.3, 0.4) is 0 Å². The van der Waals surface area contributed by atoms with E-state index in [0.29, 0.717) is 11.6 Å². The molecule has 2 heterocycles. The Morgan fingerprint density at radius 1 is 1.27 bits per heavy atom. The highest BCUT2D eigenvalue weighted by molar-refractivity contribution is 8.02. The number of hydrogen-bond acceptors (Lipinski definition) is 4. The number of dihydropyridines is 1. The maximum atomic E-state index is 13.1. The predicted octanol–water partition coefficient (Wildman–Crippen LogP) is 3.45. The summed E-state index contributed by atoms with van der Waals surface area (Å²) in [5, 5.41) is 0. The molecule has 2 aliphatic heterocycles.